The zero-order valence-corrected chi connectivity index (χ0v) is 16.9. The molecule has 0 atom stereocenters. The number of ether oxygens (including phenoxy) is 1. The van der Waals surface area contributed by atoms with Gasteiger partial charge in [0.2, 0.25) is 5.91 Å². The van der Waals surface area contributed by atoms with Crippen molar-refractivity contribution in [3.63, 3.8) is 0 Å². The number of rotatable bonds is 8. The number of hydrogen-bond donors (Lipinski definition) is 1. The van der Waals surface area contributed by atoms with Crippen LogP contribution in [0.2, 0.25) is 0 Å². The summed E-state index contributed by atoms with van der Waals surface area (Å²) in [5, 5.41) is 4.75. The fraction of sp³-hybridized carbons (Fsp3) is 0.455. The van der Waals surface area contributed by atoms with Crippen molar-refractivity contribution in [1.82, 2.24) is 5.32 Å². The number of furan rings is 1. The minimum atomic E-state index is -0.395. The van der Waals surface area contributed by atoms with Crippen molar-refractivity contribution in [3.8, 4) is 0 Å². The Morgan fingerprint density at radius 1 is 1.07 bits per heavy atom. The number of benzene rings is 1. The van der Waals surface area contributed by atoms with Gasteiger partial charge in [-0.1, -0.05) is 0 Å². The van der Waals surface area contributed by atoms with Gasteiger partial charge >= 0.3 is 5.63 Å². The molecule has 0 unspecified atom stereocenters. The Morgan fingerprint density at radius 2 is 1.79 bits per heavy atom. The van der Waals surface area contributed by atoms with Crippen LogP contribution in [0.5, 0.6) is 0 Å². The minimum Gasteiger partial charge on any atom is -0.461 e. The molecule has 0 aliphatic rings. The first kappa shape index (κ1) is 20.1. The molecule has 150 valence electrons. The van der Waals surface area contributed by atoms with Gasteiger partial charge in [-0.05, 0) is 57.7 Å². The van der Waals surface area contributed by atoms with Gasteiger partial charge < -0.3 is 18.9 Å². The number of aryl methyl sites for hydroxylation is 3. The van der Waals surface area contributed by atoms with Gasteiger partial charge in [0.25, 0.3) is 0 Å². The molecule has 0 saturated heterocycles. The maximum Gasteiger partial charge on any atom is 0.339 e. The highest BCUT2D eigenvalue weighted by atomic mass is 16.5. The highest BCUT2D eigenvalue weighted by Gasteiger charge is 2.16. The van der Waals surface area contributed by atoms with Gasteiger partial charge in [0.1, 0.15) is 16.9 Å². The van der Waals surface area contributed by atoms with Crippen LogP contribution in [-0.2, 0) is 16.0 Å². The summed E-state index contributed by atoms with van der Waals surface area (Å²) in [6.45, 7) is 9.65. The topological polar surface area (TPSA) is 81.7 Å². The van der Waals surface area contributed by atoms with Crippen LogP contribution in [0.3, 0.4) is 0 Å². The van der Waals surface area contributed by atoms with Crippen molar-refractivity contribution >= 4 is 27.8 Å². The van der Waals surface area contributed by atoms with Crippen molar-refractivity contribution in [2.45, 2.75) is 47.0 Å². The molecule has 1 N–H and O–H groups in total. The van der Waals surface area contributed by atoms with E-state index in [9.17, 15) is 9.59 Å². The molecule has 0 spiro atoms. The van der Waals surface area contributed by atoms with E-state index in [2.05, 4.69) is 5.32 Å². The third-order valence-electron chi connectivity index (χ3n) is 5.18. The van der Waals surface area contributed by atoms with Gasteiger partial charge in [-0.3, -0.25) is 4.79 Å². The van der Waals surface area contributed by atoms with Crippen molar-refractivity contribution in [2.24, 2.45) is 0 Å². The second-order valence-electron chi connectivity index (χ2n) is 7.02. The Hall–Kier alpha value is -2.60. The van der Waals surface area contributed by atoms with E-state index in [1.165, 1.54) is 0 Å². The lowest BCUT2D eigenvalue weighted by Gasteiger charge is -2.09. The third kappa shape index (κ3) is 4.12. The number of nitrogens with one attached hydrogen (secondary N) is 1. The summed E-state index contributed by atoms with van der Waals surface area (Å²) in [7, 11) is 0. The molecule has 0 saturated carbocycles. The standard InChI is InChI=1S/C22H27NO5/c1-5-26-10-6-9-23-21(24)8-7-16-14(3)18-11-17-13(2)15(4)27-19(17)12-20(18)28-22(16)25/h11-12H,5-10H2,1-4H3,(H,23,24). The summed E-state index contributed by atoms with van der Waals surface area (Å²) in [5.41, 5.74) is 3.31. The van der Waals surface area contributed by atoms with Gasteiger partial charge in [-0.2, -0.15) is 0 Å². The number of carbonyl (C=O) groups is 1. The average Bonchev–Trinajstić information content (AvgIpc) is 2.93. The second-order valence-corrected chi connectivity index (χ2v) is 7.02. The zero-order valence-electron chi connectivity index (χ0n) is 16.9. The lowest BCUT2D eigenvalue weighted by molar-refractivity contribution is -0.121. The Morgan fingerprint density at radius 3 is 2.54 bits per heavy atom. The van der Waals surface area contributed by atoms with E-state index in [-0.39, 0.29) is 12.3 Å². The fourth-order valence-electron chi connectivity index (χ4n) is 3.39. The first-order valence-electron chi connectivity index (χ1n) is 9.72. The smallest absolute Gasteiger partial charge is 0.339 e. The van der Waals surface area contributed by atoms with E-state index >= 15 is 0 Å². The molecule has 0 aliphatic carbocycles. The molecule has 3 rings (SSSR count). The van der Waals surface area contributed by atoms with E-state index in [0.717, 1.165) is 34.1 Å². The molecule has 0 aliphatic heterocycles. The molecular formula is C22H27NO5. The predicted octanol–water partition coefficient (Wildman–Crippen LogP) is 3.94. The maximum atomic E-state index is 12.5. The summed E-state index contributed by atoms with van der Waals surface area (Å²) in [4.78, 5) is 24.5. The molecule has 6 nitrogen and oxygen atoms in total. The highest BCUT2D eigenvalue weighted by Crippen LogP contribution is 2.31. The van der Waals surface area contributed by atoms with Gasteiger partial charge in [0.05, 0.1) is 0 Å². The van der Waals surface area contributed by atoms with E-state index in [4.69, 9.17) is 13.6 Å². The molecule has 2 heterocycles. The third-order valence-corrected chi connectivity index (χ3v) is 5.18. The van der Waals surface area contributed by atoms with Gasteiger partial charge in [0, 0.05) is 48.6 Å². The van der Waals surface area contributed by atoms with Crippen molar-refractivity contribution < 1.29 is 18.4 Å². The quantitative estimate of drug-likeness (QED) is 0.469. The number of amides is 1. The number of carbonyl (C=O) groups excluding carboxylic acids is 1. The molecule has 6 heteroatoms. The lowest BCUT2D eigenvalue weighted by atomic mass is 10.0. The van der Waals surface area contributed by atoms with Crippen molar-refractivity contribution in [3.05, 3.63) is 45.0 Å². The molecule has 28 heavy (non-hydrogen) atoms. The monoisotopic (exact) mass is 385 g/mol. The van der Waals surface area contributed by atoms with E-state index < -0.39 is 5.63 Å². The summed E-state index contributed by atoms with van der Waals surface area (Å²) in [6.07, 6.45) is 1.37. The van der Waals surface area contributed by atoms with Crippen LogP contribution in [0.1, 0.15) is 42.2 Å². The number of hydrogen-bond acceptors (Lipinski definition) is 5. The molecule has 0 radical (unpaired) electrons. The van der Waals surface area contributed by atoms with E-state index in [0.29, 0.717) is 42.9 Å². The molecule has 1 aromatic carbocycles. The normalized spacial score (nSPS) is 11.4. The van der Waals surface area contributed by atoms with Crippen molar-refractivity contribution in [1.29, 1.82) is 0 Å². The Balaban J connectivity index is 1.78. The summed E-state index contributed by atoms with van der Waals surface area (Å²) >= 11 is 0. The molecule has 2 aromatic heterocycles. The second kappa shape index (κ2) is 8.61. The first-order valence-corrected chi connectivity index (χ1v) is 9.72. The lowest BCUT2D eigenvalue weighted by Crippen LogP contribution is -2.26. The first-order chi connectivity index (χ1) is 13.4. The largest absolute Gasteiger partial charge is 0.461 e. The van der Waals surface area contributed by atoms with E-state index in [1.807, 2.05) is 33.8 Å². The van der Waals surface area contributed by atoms with Gasteiger partial charge in [-0.25, -0.2) is 4.79 Å². The van der Waals surface area contributed by atoms with Gasteiger partial charge in [-0.15, -0.1) is 0 Å². The van der Waals surface area contributed by atoms with Crippen LogP contribution in [0.4, 0.5) is 0 Å². The molecular weight excluding hydrogens is 358 g/mol. The fourth-order valence-corrected chi connectivity index (χ4v) is 3.39. The van der Waals surface area contributed by atoms with Crippen molar-refractivity contribution in [2.75, 3.05) is 19.8 Å². The van der Waals surface area contributed by atoms with Crippen LogP contribution >= 0.6 is 0 Å². The van der Waals surface area contributed by atoms with Crippen LogP contribution in [0.25, 0.3) is 21.9 Å². The molecule has 1 amide bonds. The van der Waals surface area contributed by atoms with Crippen LogP contribution in [0, 0.1) is 20.8 Å². The predicted molar refractivity (Wildman–Crippen MR) is 109 cm³/mol. The SMILES string of the molecule is CCOCCCNC(=O)CCc1c(C)c2cc3c(C)c(C)oc3cc2oc1=O. The highest BCUT2D eigenvalue weighted by molar-refractivity contribution is 5.96. The Labute approximate surface area is 163 Å². The molecule has 3 aromatic rings. The zero-order chi connectivity index (χ0) is 20.3. The summed E-state index contributed by atoms with van der Waals surface area (Å²) in [6, 6.07) is 3.78. The van der Waals surface area contributed by atoms with E-state index in [1.54, 1.807) is 6.07 Å². The number of fused-ring (bicyclic) bond motifs is 2. The minimum absolute atomic E-state index is 0.0767. The van der Waals surface area contributed by atoms with Crippen LogP contribution in [0.15, 0.2) is 25.8 Å². The molecule has 0 bridgehead atoms. The Bertz CT molecular complexity index is 1060. The maximum absolute atomic E-state index is 12.5. The van der Waals surface area contributed by atoms with Crippen LogP contribution in [-0.4, -0.2) is 25.7 Å². The Kier molecular flexibility index (Phi) is 6.19. The van der Waals surface area contributed by atoms with Crippen LogP contribution < -0.4 is 10.9 Å². The molecule has 0 fully saturated rings. The summed E-state index contributed by atoms with van der Waals surface area (Å²) in [5.74, 6) is 0.777. The summed E-state index contributed by atoms with van der Waals surface area (Å²) < 4.78 is 16.5. The van der Waals surface area contributed by atoms with Gasteiger partial charge in [0.15, 0.2) is 0 Å². The average molecular weight is 385 g/mol.